The summed E-state index contributed by atoms with van der Waals surface area (Å²) in [6, 6.07) is 8.52. The number of hydrogen-bond donors (Lipinski definition) is 0. The van der Waals surface area contributed by atoms with Gasteiger partial charge in [0, 0.05) is 26.1 Å². The van der Waals surface area contributed by atoms with E-state index < -0.39 is 10.0 Å². The van der Waals surface area contributed by atoms with Gasteiger partial charge in [0.25, 0.3) is 0 Å². The van der Waals surface area contributed by atoms with Gasteiger partial charge in [-0.3, -0.25) is 9.10 Å². The molecule has 0 spiro atoms. The molecular weight excluding hydrogens is 314 g/mol. The zero-order valence-electron chi connectivity index (χ0n) is 13.2. The van der Waals surface area contributed by atoms with E-state index in [1.807, 2.05) is 6.07 Å². The first-order chi connectivity index (χ1) is 10.9. The molecule has 0 radical (unpaired) electrons. The smallest absolute Gasteiger partial charge is 0.232 e. The lowest BCUT2D eigenvalue weighted by Crippen LogP contribution is -2.39. The number of amides is 1. The van der Waals surface area contributed by atoms with Gasteiger partial charge in [-0.15, -0.1) is 0 Å². The van der Waals surface area contributed by atoms with Crippen molar-refractivity contribution in [1.29, 1.82) is 5.26 Å². The van der Waals surface area contributed by atoms with Gasteiger partial charge >= 0.3 is 0 Å². The third-order valence-electron chi connectivity index (χ3n) is 3.93. The Labute approximate surface area is 137 Å². The van der Waals surface area contributed by atoms with Gasteiger partial charge in [0.1, 0.15) is 6.07 Å². The fourth-order valence-corrected chi connectivity index (χ4v) is 3.69. The van der Waals surface area contributed by atoms with Crippen LogP contribution >= 0.6 is 0 Å². The van der Waals surface area contributed by atoms with Crippen molar-refractivity contribution in [2.45, 2.75) is 25.7 Å². The highest BCUT2D eigenvalue weighted by molar-refractivity contribution is 7.92. The number of anilines is 1. The summed E-state index contributed by atoms with van der Waals surface area (Å²) in [6.07, 6.45) is 4.34. The van der Waals surface area contributed by atoms with Crippen molar-refractivity contribution in [3.63, 3.8) is 0 Å². The Balaban J connectivity index is 2.14. The van der Waals surface area contributed by atoms with Crippen molar-refractivity contribution in [1.82, 2.24) is 4.90 Å². The Morgan fingerprint density at radius 1 is 1.26 bits per heavy atom. The van der Waals surface area contributed by atoms with Gasteiger partial charge in [-0.05, 0) is 31.4 Å². The average Bonchev–Trinajstić information content (AvgIpc) is 2.55. The molecule has 0 aromatic heterocycles. The van der Waals surface area contributed by atoms with Gasteiger partial charge in [0.05, 0.1) is 17.5 Å². The lowest BCUT2D eigenvalue weighted by atomic mass is 10.1. The molecule has 0 N–H and O–H groups in total. The molecule has 124 valence electrons. The van der Waals surface area contributed by atoms with Crippen molar-refractivity contribution < 1.29 is 13.2 Å². The molecule has 0 unspecified atom stereocenters. The number of nitrogens with zero attached hydrogens (tertiary/aromatic N) is 3. The van der Waals surface area contributed by atoms with E-state index in [0.29, 0.717) is 5.69 Å². The lowest BCUT2D eigenvalue weighted by molar-refractivity contribution is -0.131. The zero-order chi connectivity index (χ0) is 16.9. The van der Waals surface area contributed by atoms with E-state index in [2.05, 4.69) is 0 Å². The first-order valence-electron chi connectivity index (χ1n) is 7.68. The number of likely N-dealkylation sites (tertiary alicyclic amines) is 1. The third-order valence-corrected chi connectivity index (χ3v) is 5.11. The van der Waals surface area contributed by atoms with E-state index in [1.165, 1.54) is 0 Å². The SMILES string of the molecule is CS(=O)(=O)N(CCC(=O)N1CCCCC1)c1ccccc1C#N. The third kappa shape index (κ3) is 4.45. The highest BCUT2D eigenvalue weighted by atomic mass is 32.2. The van der Waals surface area contributed by atoms with Gasteiger partial charge in [-0.1, -0.05) is 12.1 Å². The van der Waals surface area contributed by atoms with Gasteiger partial charge in [-0.25, -0.2) is 8.42 Å². The van der Waals surface area contributed by atoms with Gasteiger partial charge in [-0.2, -0.15) is 5.26 Å². The zero-order valence-corrected chi connectivity index (χ0v) is 14.1. The van der Waals surface area contributed by atoms with Gasteiger partial charge in [0.2, 0.25) is 15.9 Å². The Hall–Kier alpha value is -2.07. The van der Waals surface area contributed by atoms with Crippen LogP contribution in [0.15, 0.2) is 24.3 Å². The predicted molar refractivity (Wildman–Crippen MR) is 88.4 cm³/mol. The second kappa shape index (κ2) is 7.47. The summed E-state index contributed by atoms with van der Waals surface area (Å²) >= 11 is 0. The van der Waals surface area contributed by atoms with E-state index in [9.17, 15) is 13.2 Å². The van der Waals surface area contributed by atoms with Crippen LogP contribution in [0.1, 0.15) is 31.2 Å². The van der Waals surface area contributed by atoms with Crippen LogP contribution in [0, 0.1) is 11.3 Å². The first kappa shape index (κ1) is 17.3. The first-order valence-corrected chi connectivity index (χ1v) is 9.53. The number of hydrogen-bond acceptors (Lipinski definition) is 4. The number of para-hydroxylation sites is 1. The Morgan fingerprint density at radius 2 is 1.91 bits per heavy atom. The lowest BCUT2D eigenvalue weighted by Gasteiger charge is -2.28. The van der Waals surface area contributed by atoms with Crippen LogP contribution in [0.25, 0.3) is 0 Å². The number of sulfonamides is 1. The number of piperidine rings is 1. The van der Waals surface area contributed by atoms with E-state index in [-0.39, 0.29) is 24.4 Å². The molecule has 1 aromatic rings. The van der Waals surface area contributed by atoms with Crippen LogP contribution in [0.5, 0.6) is 0 Å². The summed E-state index contributed by atoms with van der Waals surface area (Å²) < 4.78 is 25.3. The summed E-state index contributed by atoms with van der Waals surface area (Å²) in [5.41, 5.74) is 0.604. The largest absolute Gasteiger partial charge is 0.343 e. The quantitative estimate of drug-likeness (QED) is 0.820. The fourth-order valence-electron chi connectivity index (χ4n) is 2.75. The summed E-state index contributed by atoms with van der Waals surface area (Å²) in [5.74, 6) is -0.0345. The van der Waals surface area contributed by atoms with Crippen LogP contribution in [-0.4, -0.2) is 45.1 Å². The van der Waals surface area contributed by atoms with Crippen molar-refractivity contribution in [2.24, 2.45) is 0 Å². The standard InChI is InChI=1S/C16H21N3O3S/c1-23(21,22)19(15-8-4-3-7-14(15)13-17)12-9-16(20)18-10-5-2-6-11-18/h3-4,7-8H,2,5-6,9-12H2,1H3. The van der Waals surface area contributed by atoms with E-state index >= 15 is 0 Å². The second-order valence-electron chi connectivity index (χ2n) is 5.66. The predicted octanol–water partition coefficient (Wildman–Crippen LogP) is 1.73. The summed E-state index contributed by atoms with van der Waals surface area (Å²) in [5, 5.41) is 9.17. The molecule has 0 aliphatic carbocycles. The minimum atomic E-state index is -3.57. The number of carbonyl (C=O) groups is 1. The molecule has 1 amide bonds. The Bertz CT molecular complexity index is 704. The summed E-state index contributed by atoms with van der Waals surface area (Å²) in [6.45, 7) is 1.53. The fraction of sp³-hybridized carbons (Fsp3) is 0.500. The van der Waals surface area contributed by atoms with Crippen LogP contribution in [0.4, 0.5) is 5.69 Å². The van der Waals surface area contributed by atoms with E-state index in [4.69, 9.17) is 5.26 Å². The monoisotopic (exact) mass is 335 g/mol. The number of benzene rings is 1. The molecule has 2 rings (SSSR count). The molecule has 1 aromatic carbocycles. The van der Waals surface area contributed by atoms with Crippen LogP contribution in [0.3, 0.4) is 0 Å². The van der Waals surface area contributed by atoms with Crippen molar-refractivity contribution in [2.75, 3.05) is 30.2 Å². The van der Waals surface area contributed by atoms with E-state index in [0.717, 1.165) is 42.9 Å². The van der Waals surface area contributed by atoms with Gasteiger partial charge in [0.15, 0.2) is 0 Å². The minimum absolute atomic E-state index is 0.0345. The number of rotatable bonds is 5. The summed E-state index contributed by atoms with van der Waals surface area (Å²) in [4.78, 5) is 14.0. The maximum atomic E-state index is 12.3. The van der Waals surface area contributed by atoms with Crippen molar-refractivity contribution >= 4 is 21.6 Å². The molecule has 1 aliphatic heterocycles. The number of nitriles is 1. The van der Waals surface area contributed by atoms with Crippen LogP contribution in [0.2, 0.25) is 0 Å². The van der Waals surface area contributed by atoms with E-state index in [1.54, 1.807) is 29.2 Å². The molecule has 0 bridgehead atoms. The Kier molecular flexibility index (Phi) is 5.61. The molecule has 1 saturated heterocycles. The molecule has 1 heterocycles. The summed E-state index contributed by atoms with van der Waals surface area (Å²) in [7, 11) is -3.57. The highest BCUT2D eigenvalue weighted by Gasteiger charge is 2.23. The van der Waals surface area contributed by atoms with Crippen LogP contribution < -0.4 is 4.31 Å². The molecule has 7 heteroatoms. The molecule has 0 saturated carbocycles. The Morgan fingerprint density at radius 3 is 2.52 bits per heavy atom. The molecule has 1 aliphatic rings. The molecule has 1 fully saturated rings. The highest BCUT2D eigenvalue weighted by Crippen LogP contribution is 2.22. The van der Waals surface area contributed by atoms with Crippen LogP contribution in [-0.2, 0) is 14.8 Å². The second-order valence-corrected chi connectivity index (χ2v) is 7.56. The maximum absolute atomic E-state index is 12.3. The molecule has 0 atom stereocenters. The molecule has 6 nitrogen and oxygen atoms in total. The minimum Gasteiger partial charge on any atom is -0.343 e. The maximum Gasteiger partial charge on any atom is 0.232 e. The molecule has 23 heavy (non-hydrogen) atoms. The normalized spacial score (nSPS) is 15.0. The van der Waals surface area contributed by atoms with Gasteiger partial charge < -0.3 is 4.90 Å². The molecular formula is C16H21N3O3S. The van der Waals surface area contributed by atoms with Crippen molar-refractivity contribution in [3.05, 3.63) is 29.8 Å². The van der Waals surface area contributed by atoms with Crippen molar-refractivity contribution in [3.8, 4) is 6.07 Å². The average molecular weight is 335 g/mol. The number of carbonyl (C=O) groups excluding carboxylic acids is 1. The topological polar surface area (TPSA) is 81.5 Å².